The number of rotatable bonds is 2. The molecule has 1 aromatic heterocycles. The smallest absolute Gasteiger partial charge is 0.236 e. The van der Waals surface area contributed by atoms with Gasteiger partial charge < -0.3 is 10.6 Å². The lowest BCUT2D eigenvalue weighted by Gasteiger charge is -2.38. The molecule has 86 valence electrons. The summed E-state index contributed by atoms with van der Waals surface area (Å²) in [4.78, 5) is 23.5. The van der Waals surface area contributed by atoms with Crippen LogP contribution in [-0.2, 0) is 4.79 Å². The van der Waals surface area contributed by atoms with Crippen molar-refractivity contribution < 1.29 is 4.79 Å². The van der Waals surface area contributed by atoms with Gasteiger partial charge in [0.2, 0.25) is 5.91 Å². The molecule has 1 unspecified atom stereocenters. The highest BCUT2D eigenvalue weighted by Gasteiger charge is 2.28. The summed E-state index contributed by atoms with van der Waals surface area (Å²) in [5, 5.41) is 0. The van der Waals surface area contributed by atoms with E-state index in [1.54, 1.807) is 18.6 Å². The molecule has 6 heteroatoms. The molecule has 1 amide bonds. The number of likely N-dealkylation sites (N-methyl/N-ethyl adjacent to an activating group) is 1. The molecular weight excluding hydrogens is 206 g/mol. The fraction of sp³-hybridized carbons (Fsp3) is 0.500. The summed E-state index contributed by atoms with van der Waals surface area (Å²) in [5.74, 6) is 0.498. The van der Waals surface area contributed by atoms with E-state index in [0.29, 0.717) is 6.54 Å². The van der Waals surface area contributed by atoms with Crippen molar-refractivity contribution in [3.8, 4) is 0 Å². The summed E-state index contributed by atoms with van der Waals surface area (Å²) in [5.41, 5.74) is 5.35. The minimum Gasteiger partial charge on any atom is -0.368 e. The van der Waals surface area contributed by atoms with Gasteiger partial charge in [-0.1, -0.05) is 0 Å². The zero-order chi connectivity index (χ0) is 11.5. The average molecular weight is 221 g/mol. The van der Waals surface area contributed by atoms with Crippen molar-refractivity contribution >= 4 is 11.7 Å². The predicted molar refractivity (Wildman–Crippen MR) is 59.9 cm³/mol. The van der Waals surface area contributed by atoms with Crippen LogP contribution in [0.4, 0.5) is 5.82 Å². The molecule has 1 aliphatic heterocycles. The summed E-state index contributed by atoms with van der Waals surface area (Å²) in [6.07, 6.45) is 4.97. The van der Waals surface area contributed by atoms with E-state index in [2.05, 4.69) is 9.97 Å². The summed E-state index contributed by atoms with van der Waals surface area (Å²) in [7, 11) is 1.91. The van der Waals surface area contributed by atoms with E-state index in [0.717, 1.165) is 18.9 Å². The van der Waals surface area contributed by atoms with Crippen molar-refractivity contribution in [1.82, 2.24) is 14.9 Å². The lowest BCUT2D eigenvalue weighted by molar-refractivity contribution is -0.122. The molecule has 0 bridgehead atoms. The van der Waals surface area contributed by atoms with E-state index in [9.17, 15) is 4.79 Å². The molecule has 1 aliphatic rings. The van der Waals surface area contributed by atoms with Crippen LogP contribution in [-0.4, -0.2) is 53.5 Å². The largest absolute Gasteiger partial charge is 0.368 e. The maximum absolute atomic E-state index is 11.3. The number of primary amides is 1. The van der Waals surface area contributed by atoms with Gasteiger partial charge in [0.1, 0.15) is 11.9 Å². The molecule has 1 fully saturated rings. The van der Waals surface area contributed by atoms with Gasteiger partial charge in [-0.3, -0.25) is 14.7 Å². The predicted octanol–water partition coefficient (Wildman–Crippen LogP) is -0.918. The Balaban J connectivity index is 2.12. The van der Waals surface area contributed by atoms with Crippen LogP contribution in [0.1, 0.15) is 0 Å². The van der Waals surface area contributed by atoms with Crippen LogP contribution >= 0.6 is 0 Å². The molecule has 0 aliphatic carbocycles. The second kappa shape index (κ2) is 4.44. The van der Waals surface area contributed by atoms with Crippen molar-refractivity contribution in [2.24, 2.45) is 5.73 Å². The maximum Gasteiger partial charge on any atom is 0.236 e. The third-order valence-corrected chi connectivity index (χ3v) is 2.85. The van der Waals surface area contributed by atoms with E-state index in [4.69, 9.17) is 5.73 Å². The summed E-state index contributed by atoms with van der Waals surface area (Å²) >= 11 is 0. The first kappa shape index (κ1) is 10.8. The Morgan fingerprint density at radius 1 is 1.50 bits per heavy atom. The van der Waals surface area contributed by atoms with Crippen molar-refractivity contribution in [1.29, 1.82) is 0 Å². The highest BCUT2D eigenvalue weighted by Crippen LogP contribution is 2.14. The standard InChI is InChI=1S/C10H15N5O/c1-14-4-5-15(7-8(14)10(11)16)9-6-12-2-3-13-9/h2-3,6,8H,4-5,7H2,1H3,(H2,11,16). The van der Waals surface area contributed by atoms with Gasteiger partial charge in [0, 0.05) is 32.0 Å². The van der Waals surface area contributed by atoms with Crippen LogP contribution in [0.25, 0.3) is 0 Å². The fourth-order valence-electron chi connectivity index (χ4n) is 1.84. The molecule has 1 atom stereocenters. The van der Waals surface area contributed by atoms with Gasteiger partial charge in [-0.05, 0) is 7.05 Å². The van der Waals surface area contributed by atoms with Crippen LogP contribution in [0.15, 0.2) is 18.6 Å². The summed E-state index contributed by atoms with van der Waals surface area (Å²) in [6, 6.07) is -0.254. The van der Waals surface area contributed by atoms with Gasteiger partial charge in [0.15, 0.2) is 0 Å². The van der Waals surface area contributed by atoms with Crippen LogP contribution in [0.5, 0.6) is 0 Å². The first-order valence-corrected chi connectivity index (χ1v) is 5.19. The Hall–Kier alpha value is -1.69. The van der Waals surface area contributed by atoms with Crippen molar-refractivity contribution in [3.63, 3.8) is 0 Å². The maximum atomic E-state index is 11.3. The van der Waals surface area contributed by atoms with E-state index < -0.39 is 0 Å². The summed E-state index contributed by atoms with van der Waals surface area (Å²) < 4.78 is 0. The van der Waals surface area contributed by atoms with E-state index >= 15 is 0 Å². The minimum absolute atomic E-state index is 0.254. The topological polar surface area (TPSA) is 75.3 Å². The Morgan fingerprint density at radius 3 is 2.94 bits per heavy atom. The van der Waals surface area contributed by atoms with E-state index in [1.807, 2.05) is 16.8 Å². The average Bonchev–Trinajstić information content (AvgIpc) is 2.30. The summed E-state index contributed by atoms with van der Waals surface area (Å²) in [6.45, 7) is 2.20. The van der Waals surface area contributed by atoms with Crippen molar-refractivity contribution in [2.45, 2.75) is 6.04 Å². The normalized spacial score (nSPS) is 22.1. The molecular formula is C10H15N5O. The first-order chi connectivity index (χ1) is 7.68. The highest BCUT2D eigenvalue weighted by molar-refractivity contribution is 5.80. The molecule has 2 N–H and O–H groups in total. The number of nitrogens with zero attached hydrogens (tertiary/aromatic N) is 4. The van der Waals surface area contributed by atoms with Gasteiger partial charge in [-0.25, -0.2) is 4.98 Å². The number of anilines is 1. The van der Waals surface area contributed by atoms with E-state index in [1.165, 1.54) is 0 Å². The zero-order valence-corrected chi connectivity index (χ0v) is 9.21. The Labute approximate surface area is 94.1 Å². The third-order valence-electron chi connectivity index (χ3n) is 2.85. The van der Waals surface area contributed by atoms with Crippen LogP contribution in [0.3, 0.4) is 0 Å². The monoisotopic (exact) mass is 221 g/mol. The first-order valence-electron chi connectivity index (χ1n) is 5.19. The van der Waals surface area contributed by atoms with Crippen molar-refractivity contribution in [2.75, 3.05) is 31.6 Å². The number of piperazine rings is 1. The van der Waals surface area contributed by atoms with Gasteiger partial charge >= 0.3 is 0 Å². The SMILES string of the molecule is CN1CCN(c2cnccn2)CC1C(N)=O. The fourth-order valence-corrected chi connectivity index (χ4v) is 1.84. The van der Waals surface area contributed by atoms with Crippen LogP contribution in [0, 0.1) is 0 Å². The minimum atomic E-state index is -0.295. The molecule has 6 nitrogen and oxygen atoms in total. The Kier molecular flexibility index (Phi) is 3.00. The quantitative estimate of drug-likeness (QED) is 0.699. The molecule has 0 spiro atoms. The Morgan fingerprint density at radius 2 is 2.31 bits per heavy atom. The van der Waals surface area contributed by atoms with Crippen molar-refractivity contribution in [3.05, 3.63) is 18.6 Å². The number of aromatic nitrogens is 2. The van der Waals surface area contributed by atoms with Crippen LogP contribution in [0.2, 0.25) is 0 Å². The van der Waals surface area contributed by atoms with Gasteiger partial charge in [0.05, 0.1) is 6.20 Å². The molecule has 2 heterocycles. The number of amides is 1. The number of nitrogens with two attached hydrogens (primary N) is 1. The second-order valence-corrected chi connectivity index (χ2v) is 3.91. The molecule has 1 aromatic rings. The highest BCUT2D eigenvalue weighted by atomic mass is 16.1. The molecule has 0 aromatic carbocycles. The third kappa shape index (κ3) is 2.11. The van der Waals surface area contributed by atoms with Gasteiger partial charge in [-0.15, -0.1) is 0 Å². The Bertz CT molecular complexity index is 369. The lowest BCUT2D eigenvalue weighted by Crippen LogP contribution is -2.57. The molecule has 0 saturated carbocycles. The van der Waals surface area contributed by atoms with Crippen LogP contribution < -0.4 is 10.6 Å². The molecule has 0 radical (unpaired) electrons. The number of carbonyl (C=O) groups excluding carboxylic acids is 1. The van der Waals surface area contributed by atoms with Gasteiger partial charge in [-0.2, -0.15) is 0 Å². The number of carbonyl (C=O) groups is 1. The molecule has 1 saturated heterocycles. The molecule has 2 rings (SSSR count). The number of hydrogen-bond acceptors (Lipinski definition) is 5. The zero-order valence-electron chi connectivity index (χ0n) is 9.21. The van der Waals surface area contributed by atoms with E-state index in [-0.39, 0.29) is 11.9 Å². The second-order valence-electron chi connectivity index (χ2n) is 3.91. The molecule has 16 heavy (non-hydrogen) atoms. The van der Waals surface area contributed by atoms with Gasteiger partial charge in [0.25, 0.3) is 0 Å². The lowest BCUT2D eigenvalue weighted by atomic mass is 10.1. The number of hydrogen-bond donors (Lipinski definition) is 1.